The number of rotatable bonds is 5. The highest BCUT2D eigenvalue weighted by atomic mass is 15.1. The SMILES string of the molecule is CCCNCc1ccc(N2CCC(C)C2)c(C)c1. The Morgan fingerprint density at radius 3 is 2.83 bits per heavy atom. The Kier molecular flexibility index (Phi) is 4.65. The molecule has 1 unspecified atom stereocenters. The number of hydrogen-bond donors (Lipinski definition) is 1. The van der Waals surface area contributed by atoms with Crippen molar-refractivity contribution in [2.24, 2.45) is 5.92 Å². The van der Waals surface area contributed by atoms with Gasteiger partial charge in [-0.2, -0.15) is 0 Å². The lowest BCUT2D eigenvalue weighted by molar-refractivity contribution is 0.659. The van der Waals surface area contributed by atoms with Crippen LogP contribution in [0.4, 0.5) is 5.69 Å². The molecule has 0 aliphatic carbocycles. The molecule has 1 saturated heterocycles. The van der Waals surface area contributed by atoms with Crippen LogP contribution in [0.3, 0.4) is 0 Å². The van der Waals surface area contributed by atoms with Gasteiger partial charge in [0.1, 0.15) is 0 Å². The first-order valence-electron chi connectivity index (χ1n) is 7.26. The maximum atomic E-state index is 3.46. The Morgan fingerprint density at radius 1 is 1.39 bits per heavy atom. The van der Waals surface area contributed by atoms with Gasteiger partial charge < -0.3 is 10.2 Å². The van der Waals surface area contributed by atoms with E-state index in [0.29, 0.717) is 0 Å². The molecule has 1 aliphatic heterocycles. The third-order valence-corrected chi connectivity index (χ3v) is 3.78. The average Bonchev–Trinajstić information content (AvgIpc) is 2.76. The van der Waals surface area contributed by atoms with Crippen LogP contribution in [-0.4, -0.2) is 19.6 Å². The third kappa shape index (κ3) is 3.26. The Balaban J connectivity index is 2.01. The first-order chi connectivity index (χ1) is 8.70. The lowest BCUT2D eigenvalue weighted by Gasteiger charge is -2.21. The van der Waals surface area contributed by atoms with E-state index in [9.17, 15) is 0 Å². The van der Waals surface area contributed by atoms with Crippen molar-refractivity contribution in [2.45, 2.75) is 40.2 Å². The van der Waals surface area contributed by atoms with Gasteiger partial charge in [-0.3, -0.25) is 0 Å². The molecule has 1 fully saturated rings. The van der Waals surface area contributed by atoms with Crippen LogP contribution in [0.5, 0.6) is 0 Å². The summed E-state index contributed by atoms with van der Waals surface area (Å²) in [4.78, 5) is 2.53. The first-order valence-corrected chi connectivity index (χ1v) is 7.26. The zero-order valence-electron chi connectivity index (χ0n) is 12.0. The van der Waals surface area contributed by atoms with Crippen molar-refractivity contribution < 1.29 is 0 Å². The monoisotopic (exact) mass is 246 g/mol. The van der Waals surface area contributed by atoms with Crippen LogP contribution in [0.2, 0.25) is 0 Å². The van der Waals surface area contributed by atoms with Crippen LogP contribution in [-0.2, 0) is 6.54 Å². The second kappa shape index (κ2) is 6.24. The van der Waals surface area contributed by atoms with Gasteiger partial charge in [0.15, 0.2) is 0 Å². The number of benzene rings is 1. The van der Waals surface area contributed by atoms with Crippen LogP contribution >= 0.6 is 0 Å². The van der Waals surface area contributed by atoms with Crippen LogP contribution in [0.1, 0.15) is 37.8 Å². The zero-order chi connectivity index (χ0) is 13.0. The predicted octanol–water partition coefficient (Wildman–Crippen LogP) is 3.34. The fraction of sp³-hybridized carbons (Fsp3) is 0.625. The summed E-state index contributed by atoms with van der Waals surface area (Å²) in [5, 5.41) is 3.46. The molecule has 1 aromatic rings. The fourth-order valence-electron chi connectivity index (χ4n) is 2.75. The van der Waals surface area contributed by atoms with E-state index in [-0.39, 0.29) is 0 Å². The second-order valence-corrected chi connectivity index (χ2v) is 5.64. The lowest BCUT2D eigenvalue weighted by Crippen LogP contribution is -2.20. The first kappa shape index (κ1) is 13.4. The molecule has 0 radical (unpaired) electrons. The number of anilines is 1. The molecule has 1 atom stereocenters. The minimum atomic E-state index is 0.843. The number of aryl methyl sites for hydroxylation is 1. The lowest BCUT2D eigenvalue weighted by atomic mass is 10.1. The third-order valence-electron chi connectivity index (χ3n) is 3.78. The Bertz CT molecular complexity index is 387. The molecule has 0 aromatic heterocycles. The van der Waals surface area contributed by atoms with E-state index in [1.807, 2.05) is 0 Å². The van der Waals surface area contributed by atoms with Gasteiger partial charge in [0, 0.05) is 25.3 Å². The molecule has 1 N–H and O–H groups in total. The van der Waals surface area contributed by atoms with Crippen molar-refractivity contribution in [3.05, 3.63) is 29.3 Å². The molecule has 100 valence electrons. The van der Waals surface area contributed by atoms with Gasteiger partial charge in [-0.1, -0.05) is 26.0 Å². The van der Waals surface area contributed by atoms with Gasteiger partial charge in [-0.05, 0) is 49.4 Å². The summed E-state index contributed by atoms with van der Waals surface area (Å²) in [6, 6.07) is 6.91. The quantitative estimate of drug-likeness (QED) is 0.802. The Hall–Kier alpha value is -1.02. The zero-order valence-corrected chi connectivity index (χ0v) is 12.0. The highest BCUT2D eigenvalue weighted by Crippen LogP contribution is 2.27. The molecule has 0 amide bonds. The van der Waals surface area contributed by atoms with E-state index >= 15 is 0 Å². The molecular weight excluding hydrogens is 220 g/mol. The summed E-state index contributed by atoms with van der Waals surface area (Å²) >= 11 is 0. The van der Waals surface area contributed by atoms with E-state index in [4.69, 9.17) is 0 Å². The topological polar surface area (TPSA) is 15.3 Å². The molecule has 1 heterocycles. The molecule has 0 saturated carbocycles. The minimum Gasteiger partial charge on any atom is -0.371 e. The molecule has 2 rings (SSSR count). The Labute approximate surface area is 111 Å². The molecule has 0 bridgehead atoms. The summed E-state index contributed by atoms with van der Waals surface area (Å²) in [6.45, 7) is 11.3. The largest absolute Gasteiger partial charge is 0.371 e. The van der Waals surface area contributed by atoms with Crippen molar-refractivity contribution in [1.82, 2.24) is 5.32 Å². The number of hydrogen-bond acceptors (Lipinski definition) is 2. The summed E-state index contributed by atoms with van der Waals surface area (Å²) in [7, 11) is 0. The molecule has 0 spiro atoms. The van der Waals surface area contributed by atoms with E-state index in [2.05, 4.69) is 49.2 Å². The summed E-state index contributed by atoms with van der Waals surface area (Å²) in [5.74, 6) is 0.843. The number of nitrogens with zero attached hydrogens (tertiary/aromatic N) is 1. The van der Waals surface area contributed by atoms with Crippen LogP contribution in [0, 0.1) is 12.8 Å². The van der Waals surface area contributed by atoms with E-state index < -0.39 is 0 Å². The van der Waals surface area contributed by atoms with Crippen molar-refractivity contribution in [3.8, 4) is 0 Å². The molecule has 1 aliphatic rings. The van der Waals surface area contributed by atoms with Crippen molar-refractivity contribution >= 4 is 5.69 Å². The van der Waals surface area contributed by atoms with E-state index in [1.165, 1.54) is 42.7 Å². The summed E-state index contributed by atoms with van der Waals surface area (Å²) in [6.07, 6.45) is 2.53. The molecule has 1 aromatic carbocycles. The van der Waals surface area contributed by atoms with Gasteiger partial charge in [0.05, 0.1) is 0 Å². The van der Waals surface area contributed by atoms with Crippen LogP contribution < -0.4 is 10.2 Å². The highest BCUT2D eigenvalue weighted by molar-refractivity contribution is 5.55. The highest BCUT2D eigenvalue weighted by Gasteiger charge is 2.19. The predicted molar refractivity (Wildman–Crippen MR) is 79.2 cm³/mol. The molecular formula is C16H26N2. The normalized spacial score (nSPS) is 19.5. The summed E-state index contributed by atoms with van der Waals surface area (Å²) in [5.41, 5.74) is 4.25. The standard InChI is InChI=1S/C16H26N2/c1-4-8-17-11-15-5-6-16(14(3)10-15)18-9-7-13(2)12-18/h5-6,10,13,17H,4,7-9,11-12H2,1-3H3. The van der Waals surface area contributed by atoms with Crippen molar-refractivity contribution in [2.75, 3.05) is 24.5 Å². The van der Waals surface area contributed by atoms with Gasteiger partial charge >= 0.3 is 0 Å². The van der Waals surface area contributed by atoms with E-state index in [0.717, 1.165) is 19.0 Å². The maximum absolute atomic E-state index is 3.46. The van der Waals surface area contributed by atoms with Gasteiger partial charge in [0.2, 0.25) is 0 Å². The van der Waals surface area contributed by atoms with Crippen LogP contribution in [0.15, 0.2) is 18.2 Å². The molecule has 18 heavy (non-hydrogen) atoms. The minimum absolute atomic E-state index is 0.843. The average molecular weight is 246 g/mol. The smallest absolute Gasteiger partial charge is 0.0396 e. The van der Waals surface area contributed by atoms with Crippen molar-refractivity contribution in [1.29, 1.82) is 0 Å². The van der Waals surface area contributed by atoms with E-state index in [1.54, 1.807) is 0 Å². The van der Waals surface area contributed by atoms with Crippen molar-refractivity contribution in [3.63, 3.8) is 0 Å². The fourth-order valence-corrected chi connectivity index (χ4v) is 2.75. The molecule has 2 nitrogen and oxygen atoms in total. The second-order valence-electron chi connectivity index (χ2n) is 5.64. The van der Waals surface area contributed by atoms with Gasteiger partial charge in [-0.15, -0.1) is 0 Å². The van der Waals surface area contributed by atoms with Gasteiger partial charge in [-0.25, -0.2) is 0 Å². The number of nitrogens with one attached hydrogen (secondary N) is 1. The van der Waals surface area contributed by atoms with Crippen LogP contribution in [0.25, 0.3) is 0 Å². The maximum Gasteiger partial charge on any atom is 0.0396 e. The molecule has 2 heteroatoms. The summed E-state index contributed by atoms with van der Waals surface area (Å²) < 4.78 is 0. The van der Waals surface area contributed by atoms with Gasteiger partial charge in [0.25, 0.3) is 0 Å². The Morgan fingerprint density at radius 2 is 2.22 bits per heavy atom.